The Morgan fingerprint density at radius 3 is 2.11 bits per heavy atom. The first-order valence-electron chi connectivity index (χ1n) is 6.00. The average molecular weight is 309 g/mol. The molecule has 0 aliphatic rings. The molecule has 0 radical (unpaired) electrons. The smallest absolute Gasteiger partial charge is 0.0247 e. The first kappa shape index (κ1) is 13.4. The summed E-state index contributed by atoms with van der Waals surface area (Å²) >= 11 is 3.50. The molecule has 0 aliphatic heterocycles. The highest BCUT2D eigenvalue weighted by Crippen LogP contribution is 2.16. The van der Waals surface area contributed by atoms with Gasteiger partial charge in [-0.05, 0) is 41.5 Å². The second kappa shape index (κ2) is 7.41. The molecule has 0 unspecified atom stereocenters. The van der Waals surface area contributed by atoms with Gasteiger partial charge in [0.25, 0.3) is 0 Å². The van der Waals surface area contributed by atoms with Crippen LogP contribution in [-0.2, 0) is 0 Å². The molecule has 0 atom stereocenters. The Kier molecular flexibility index (Phi) is 5.22. The van der Waals surface area contributed by atoms with Gasteiger partial charge in [0.1, 0.15) is 0 Å². The van der Waals surface area contributed by atoms with Gasteiger partial charge >= 0.3 is 0 Å². The number of allylic oxidation sites excluding steroid dienone is 2. The predicted octanol–water partition coefficient (Wildman–Crippen LogP) is 5.18. The molecule has 0 bridgehead atoms. The molecule has 2 aromatic carbocycles. The van der Waals surface area contributed by atoms with Crippen molar-refractivity contribution < 1.29 is 0 Å². The summed E-state index contributed by atoms with van der Waals surface area (Å²) in [6, 6.07) is 18.2. The van der Waals surface area contributed by atoms with Crippen molar-refractivity contribution in [2.75, 3.05) is 0 Å². The fourth-order valence-corrected chi connectivity index (χ4v) is 1.96. The lowest BCUT2D eigenvalue weighted by Crippen LogP contribution is -1.72. The number of rotatable bonds is 2. The molecule has 2 rings (SSSR count). The van der Waals surface area contributed by atoms with E-state index in [9.17, 15) is 0 Å². The standard InChI is InChI=1S/C18H13Br/c19-18-15-9-8-14-17(18)13-7-2-1-4-10-16-11-5-3-6-12-16/h3-15H/b10-4+,13-7+. The maximum absolute atomic E-state index is 3.50. The Morgan fingerprint density at radius 2 is 1.37 bits per heavy atom. The number of benzene rings is 2. The van der Waals surface area contributed by atoms with E-state index < -0.39 is 0 Å². The summed E-state index contributed by atoms with van der Waals surface area (Å²) in [6.07, 6.45) is 7.71. The van der Waals surface area contributed by atoms with Crippen LogP contribution in [0.15, 0.2) is 71.2 Å². The van der Waals surface area contributed by atoms with Gasteiger partial charge in [-0.25, -0.2) is 0 Å². The van der Waals surface area contributed by atoms with Crippen molar-refractivity contribution in [1.82, 2.24) is 0 Å². The van der Waals surface area contributed by atoms with E-state index in [2.05, 4.69) is 39.9 Å². The van der Waals surface area contributed by atoms with Crippen LogP contribution in [0.25, 0.3) is 12.2 Å². The van der Waals surface area contributed by atoms with Crippen LogP contribution >= 0.6 is 15.9 Å². The molecule has 92 valence electrons. The molecule has 0 fully saturated rings. The van der Waals surface area contributed by atoms with E-state index in [-0.39, 0.29) is 0 Å². The fraction of sp³-hybridized carbons (Fsp3) is 0. The van der Waals surface area contributed by atoms with Crippen LogP contribution in [0.2, 0.25) is 0 Å². The zero-order valence-corrected chi connectivity index (χ0v) is 12.0. The second-order valence-corrected chi connectivity index (χ2v) is 4.74. The van der Waals surface area contributed by atoms with Gasteiger partial charge in [0.05, 0.1) is 0 Å². The SMILES string of the molecule is Brc1ccccc1/C=C/C#C/C=C/c1ccccc1. The Bertz CT molecular complexity index is 640. The molecule has 0 nitrogen and oxygen atoms in total. The zero-order valence-electron chi connectivity index (χ0n) is 10.4. The highest BCUT2D eigenvalue weighted by Gasteiger charge is 1.90. The first-order chi connectivity index (χ1) is 9.36. The van der Waals surface area contributed by atoms with E-state index in [0.29, 0.717) is 0 Å². The molecular formula is C18H13Br. The third-order valence-corrected chi connectivity index (χ3v) is 3.22. The first-order valence-corrected chi connectivity index (χ1v) is 6.79. The summed E-state index contributed by atoms with van der Waals surface area (Å²) in [5, 5.41) is 0. The van der Waals surface area contributed by atoms with Crippen LogP contribution in [0.1, 0.15) is 11.1 Å². The largest absolute Gasteiger partial charge is 0.0702 e. The minimum absolute atomic E-state index is 1.08. The summed E-state index contributed by atoms with van der Waals surface area (Å²) in [5.41, 5.74) is 2.29. The summed E-state index contributed by atoms with van der Waals surface area (Å²) in [7, 11) is 0. The van der Waals surface area contributed by atoms with Crippen molar-refractivity contribution >= 4 is 28.1 Å². The molecule has 0 N–H and O–H groups in total. The minimum Gasteiger partial charge on any atom is -0.0702 e. The lowest BCUT2D eigenvalue weighted by Gasteiger charge is -1.94. The highest BCUT2D eigenvalue weighted by atomic mass is 79.9. The van der Waals surface area contributed by atoms with E-state index in [1.807, 2.05) is 66.8 Å². The number of hydrogen-bond donors (Lipinski definition) is 0. The lowest BCUT2D eigenvalue weighted by molar-refractivity contribution is 1.60. The van der Waals surface area contributed by atoms with Gasteiger partial charge in [-0.1, -0.05) is 76.3 Å². The van der Waals surface area contributed by atoms with Gasteiger partial charge in [-0.2, -0.15) is 0 Å². The van der Waals surface area contributed by atoms with Crippen LogP contribution in [0.3, 0.4) is 0 Å². The second-order valence-electron chi connectivity index (χ2n) is 3.89. The topological polar surface area (TPSA) is 0 Å². The average Bonchev–Trinajstić information content (AvgIpc) is 2.45. The predicted molar refractivity (Wildman–Crippen MR) is 86.4 cm³/mol. The summed E-state index contributed by atoms with van der Waals surface area (Å²) in [5.74, 6) is 5.98. The quantitative estimate of drug-likeness (QED) is 0.671. The molecular weight excluding hydrogens is 296 g/mol. The van der Waals surface area contributed by atoms with E-state index in [0.717, 1.165) is 15.6 Å². The molecule has 0 aliphatic carbocycles. The van der Waals surface area contributed by atoms with Crippen molar-refractivity contribution in [3.8, 4) is 11.8 Å². The third kappa shape index (κ3) is 4.62. The molecule has 19 heavy (non-hydrogen) atoms. The summed E-state index contributed by atoms with van der Waals surface area (Å²) in [4.78, 5) is 0. The van der Waals surface area contributed by atoms with E-state index in [1.54, 1.807) is 0 Å². The highest BCUT2D eigenvalue weighted by molar-refractivity contribution is 9.10. The fourth-order valence-electron chi connectivity index (χ4n) is 1.54. The van der Waals surface area contributed by atoms with Crippen molar-refractivity contribution in [3.05, 3.63) is 82.3 Å². The van der Waals surface area contributed by atoms with Crippen molar-refractivity contribution in [2.24, 2.45) is 0 Å². The Labute approximate surface area is 122 Å². The van der Waals surface area contributed by atoms with E-state index in [1.165, 1.54) is 0 Å². The lowest BCUT2D eigenvalue weighted by atomic mass is 10.2. The number of halogens is 1. The number of hydrogen-bond acceptors (Lipinski definition) is 0. The molecule has 2 aromatic rings. The van der Waals surface area contributed by atoms with E-state index >= 15 is 0 Å². The monoisotopic (exact) mass is 308 g/mol. The van der Waals surface area contributed by atoms with Crippen molar-refractivity contribution in [2.45, 2.75) is 0 Å². The molecule has 1 heteroatoms. The molecule has 0 saturated carbocycles. The maximum atomic E-state index is 3.50. The van der Waals surface area contributed by atoms with Crippen LogP contribution in [0.4, 0.5) is 0 Å². The van der Waals surface area contributed by atoms with Crippen LogP contribution in [0.5, 0.6) is 0 Å². The molecule has 0 aromatic heterocycles. The van der Waals surface area contributed by atoms with Crippen molar-refractivity contribution in [1.29, 1.82) is 0 Å². The van der Waals surface area contributed by atoms with Gasteiger partial charge in [0.2, 0.25) is 0 Å². The van der Waals surface area contributed by atoms with Gasteiger partial charge < -0.3 is 0 Å². The van der Waals surface area contributed by atoms with Crippen LogP contribution < -0.4 is 0 Å². The Balaban J connectivity index is 1.95. The van der Waals surface area contributed by atoms with Gasteiger partial charge in [-0.15, -0.1) is 0 Å². The van der Waals surface area contributed by atoms with Gasteiger partial charge in [0.15, 0.2) is 0 Å². The van der Waals surface area contributed by atoms with Crippen LogP contribution in [-0.4, -0.2) is 0 Å². The van der Waals surface area contributed by atoms with E-state index in [4.69, 9.17) is 0 Å². The summed E-state index contributed by atoms with van der Waals surface area (Å²) in [6.45, 7) is 0. The molecule has 0 heterocycles. The normalized spacial score (nSPS) is 10.6. The van der Waals surface area contributed by atoms with Crippen LogP contribution in [0, 0.1) is 11.8 Å². The third-order valence-electron chi connectivity index (χ3n) is 2.49. The van der Waals surface area contributed by atoms with Crippen molar-refractivity contribution in [3.63, 3.8) is 0 Å². The molecule has 0 spiro atoms. The van der Waals surface area contributed by atoms with Gasteiger partial charge in [-0.3, -0.25) is 0 Å². The zero-order chi connectivity index (χ0) is 13.3. The Hall–Kier alpha value is -2.04. The van der Waals surface area contributed by atoms with Gasteiger partial charge in [0, 0.05) is 4.47 Å². The Morgan fingerprint density at radius 1 is 0.737 bits per heavy atom. The maximum Gasteiger partial charge on any atom is 0.0247 e. The molecule has 0 saturated heterocycles. The summed E-state index contributed by atoms with van der Waals surface area (Å²) < 4.78 is 1.08. The minimum atomic E-state index is 1.08. The molecule has 0 amide bonds.